The minimum atomic E-state index is -4.65. The minimum absolute atomic E-state index is 0.0247. The van der Waals surface area contributed by atoms with Crippen molar-refractivity contribution in [3.05, 3.63) is 70.5 Å². The summed E-state index contributed by atoms with van der Waals surface area (Å²) in [6.45, 7) is 6.35. The Balaban J connectivity index is 1.10. The molecule has 0 atom stereocenters. The van der Waals surface area contributed by atoms with Gasteiger partial charge in [0.05, 0.1) is 29.6 Å². The maximum absolute atomic E-state index is 14.1. The lowest BCUT2D eigenvalue weighted by atomic mass is 9.94. The third-order valence-corrected chi connectivity index (χ3v) is 10.4. The number of rotatable bonds is 7. The Morgan fingerprint density at radius 2 is 1.76 bits per heavy atom. The number of likely N-dealkylation sites (N-methyl/N-ethyl adjacent to an activating group) is 1. The van der Waals surface area contributed by atoms with Crippen LogP contribution in [0.2, 0.25) is 0 Å². The van der Waals surface area contributed by atoms with Crippen molar-refractivity contribution < 1.29 is 22.7 Å². The van der Waals surface area contributed by atoms with Gasteiger partial charge < -0.3 is 24.8 Å². The predicted octanol–water partition coefficient (Wildman–Crippen LogP) is 5.13. The van der Waals surface area contributed by atoms with Gasteiger partial charge in [-0.25, -0.2) is 9.97 Å². The molecule has 2 saturated heterocycles. The van der Waals surface area contributed by atoms with Gasteiger partial charge in [-0.2, -0.15) is 13.2 Å². The third kappa shape index (κ3) is 5.55. The number of piperazine rings is 1. The van der Waals surface area contributed by atoms with E-state index in [4.69, 9.17) is 4.74 Å². The summed E-state index contributed by atoms with van der Waals surface area (Å²) in [4.78, 5) is 30.7. The van der Waals surface area contributed by atoms with Crippen molar-refractivity contribution in [2.75, 3.05) is 70.7 Å². The summed E-state index contributed by atoms with van der Waals surface area (Å²) in [6, 6.07) is 11.9. The second-order valence-corrected chi connectivity index (χ2v) is 13.0. The quantitative estimate of drug-likeness (QED) is 0.383. The van der Waals surface area contributed by atoms with Crippen LogP contribution in [-0.2, 0) is 18.1 Å². The molecule has 9 nitrogen and oxygen atoms in total. The van der Waals surface area contributed by atoms with Gasteiger partial charge in [-0.3, -0.25) is 9.69 Å². The molecule has 3 aromatic rings. The van der Waals surface area contributed by atoms with E-state index < -0.39 is 11.7 Å². The fourth-order valence-electron chi connectivity index (χ4n) is 7.46. The van der Waals surface area contributed by atoms with Crippen molar-refractivity contribution in [2.45, 2.75) is 49.9 Å². The lowest BCUT2D eigenvalue weighted by Gasteiger charge is -2.42. The molecule has 3 aliphatic heterocycles. The molecule has 1 aromatic heterocycles. The van der Waals surface area contributed by atoms with E-state index in [-0.39, 0.29) is 29.5 Å². The van der Waals surface area contributed by atoms with Gasteiger partial charge in [-0.1, -0.05) is 18.2 Å². The lowest BCUT2D eigenvalue weighted by Crippen LogP contribution is -2.52. The molecular weight excluding hydrogens is 595 g/mol. The van der Waals surface area contributed by atoms with Gasteiger partial charge in [0.1, 0.15) is 5.75 Å². The summed E-state index contributed by atoms with van der Waals surface area (Å²) in [5, 5.41) is 3.08. The number of halogens is 3. The molecule has 0 unspecified atom stereocenters. The van der Waals surface area contributed by atoms with Crippen LogP contribution in [0.3, 0.4) is 0 Å². The van der Waals surface area contributed by atoms with Crippen LogP contribution in [0, 0.1) is 0 Å². The number of ether oxygens (including phenoxy) is 1. The number of hydrogen-bond acceptors (Lipinski definition) is 8. The fraction of sp³-hybridized carbons (Fsp3) is 0.500. The van der Waals surface area contributed by atoms with Crippen LogP contribution in [0.5, 0.6) is 5.75 Å². The number of benzene rings is 2. The van der Waals surface area contributed by atoms with Crippen molar-refractivity contribution in [3.8, 4) is 5.75 Å². The van der Waals surface area contributed by atoms with Crippen LogP contribution in [0.15, 0.2) is 42.6 Å². The number of nitrogens with one attached hydrogen (secondary N) is 1. The number of amides is 1. The highest BCUT2D eigenvalue weighted by Gasteiger charge is 2.56. The fourth-order valence-corrected chi connectivity index (χ4v) is 7.46. The Labute approximate surface area is 267 Å². The maximum atomic E-state index is 14.1. The van der Waals surface area contributed by atoms with Crippen LogP contribution >= 0.6 is 0 Å². The van der Waals surface area contributed by atoms with Gasteiger partial charge in [0.2, 0.25) is 5.95 Å². The maximum Gasteiger partial charge on any atom is 0.419 e. The number of aromatic nitrogens is 2. The van der Waals surface area contributed by atoms with E-state index >= 15 is 0 Å². The first-order chi connectivity index (χ1) is 22.1. The normalized spacial score (nSPS) is 20.3. The molecule has 244 valence electrons. The Morgan fingerprint density at radius 3 is 2.43 bits per heavy atom. The summed E-state index contributed by atoms with van der Waals surface area (Å²) < 4.78 is 48.1. The number of anilines is 3. The highest BCUT2D eigenvalue weighted by molar-refractivity contribution is 6.02. The van der Waals surface area contributed by atoms with Gasteiger partial charge in [-0.15, -0.1) is 0 Å². The van der Waals surface area contributed by atoms with Gasteiger partial charge in [-0.05, 0) is 56.0 Å². The molecule has 12 heteroatoms. The van der Waals surface area contributed by atoms with Gasteiger partial charge in [0, 0.05) is 82.3 Å². The second kappa shape index (κ2) is 11.7. The van der Waals surface area contributed by atoms with Crippen molar-refractivity contribution in [2.24, 2.45) is 0 Å². The van der Waals surface area contributed by atoms with Gasteiger partial charge in [0.15, 0.2) is 0 Å². The minimum Gasteiger partial charge on any atom is -0.494 e. The molecule has 46 heavy (non-hydrogen) atoms. The van der Waals surface area contributed by atoms with E-state index in [1.165, 1.54) is 0 Å². The van der Waals surface area contributed by atoms with Crippen LogP contribution in [0.4, 0.5) is 30.5 Å². The summed E-state index contributed by atoms with van der Waals surface area (Å²) >= 11 is 0. The Kier molecular flexibility index (Phi) is 7.83. The van der Waals surface area contributed by atoms with E-state index in [9.17, 15) is 18.0 Å². The summed E-state index contributed by atoms with van der Waals surface area (Å²) in [5.74, 6) is 0.419. The van der Waals surface area contributed by atoms with E-state index in [1.807, 2.05) is 30.3 Å². The Bertz CT molecular complexity index is 1630. The Morgan fingerprint density at radius 1 is 1.02 bits per heavy atom. The molecule has 7 rings (SSSR count). The monoisotopic (exact) mass is 635 g/mol. The zero-order chi connectivity index (χ0) is 32.2. The van der Waals surface area contributed by atoms with Crippen LogP contribution < -0.4 is 15.0 Å². The number of alkyl halides is 3. The smallest absolute Gasteiger partial charge is 0.419 e. The summed E-state index contributed by atoms with van der Waals surface area (Å²) in [5.41, 5.74) is 2.08. The summed E-state index contributed by atoms with van der Waals surface area (Å²) in [6.07, 6.45) is -0.0709. The van der Waals surface area contributed by atoms with E-state index in [0.29, 0.717) is 28.6 Å². The highest BCUT2D eigenvalue weighted by atomic mass is 19.4. The largest absolute Gasteiger partial charge is 0.494 e. The molecule has 4 heterocycles. The number of carbonyl (C=O) groups is 1. The van der Waals surface area contributed by atoms with Crippen molar-refractivity contribution >= 4 is 23.2 Å². The predicted molar refractivity (Wildman–Crippen MR) is 170 cm³/mol. The molecule has 2 aromatic carbocycles. The number of nitrogens with zero attached hydrogens (tertiary/aromatic N) is 6. The van der Waals surface area contributed by atoms with Crippen LogP contribution in [0.25, 0.3) is 0 Å². The van der Waals surface area contributed by atoms with Gasteiger partial charge in [0.25, 0.3) is 5.91 Å². The molecule has 1 saturated carbocycles. The van der Waals surface area contributed by atoms with Crippen molar-refractivity contribution in [1.82, 2.24) is 24.7 Å². The SMILES string of the molecule is COc1cc(N2CCC(N3CCN(C)CC3)CC2)ccc1Nc1ncc(C(F)(F)F)c(Cc2cccc3c2C(=O)N(C)C32CC2)n1. The standard InChI is InChI=1S/C34H40F3N7O2/c1-41-15-17-44(18-16-41)23-9-13-43(14-10-23)24-7-8-27(29(20-24)46-3)39-32-38-21-26(34(35,36)37)28(40-32)19-22-5-4-6-25-30(22)31(45)42(2)33(25)11-12-33/h4-8,20-21,23H,9-19H2,1-3H3,(H,38,39,40). The van der Waals surface area contributed by atoms with E-state index in [0.717, 1.165) is 82.4 Å². The molecule has 1 N–H and O–H groups in total. The van der Waals surface area contributed by atoms with Crippen LogP contribution in [0.1, 0.15) is 58.4 Å². The molecule has 1 spiro atoms. The Hall–Kier alpha value is -3.90. The molecule has 3 fully saturated rings. The van der Waals surface area contributed by atoms with Crippen molar-refractivity contribution in [1.29, 1.82) is 0 Å². The van der Waals surface area contributed by atoms with Crippen LogP contribution in [-0.4, -0.2) is 97.1 Å². The van der Waals surface area contributed by atoms with Gasteiger partial charge >= 0.3 is 6.18 Å². The number of carbonyl (C=O) groups excluding carboxylic acids is 1. The molecular formula is C34H40F3N7O2. The molecule has 1 amide bonds. The highest BCUT2D eigenvalue weighted by Crippen LogP contribution is 2.56. The van der Waals surface area contributed by atoms with E-state index in [2.05, 4.69) is 37.0 Å². The first kappa shape index (κ1) is 30.7. The zero-order valence-corrected chi connectivity index (χ0v) is 26.5. The molecule has 4 aliphatic rings. The van der Waals surface area contributed by atoms with Crippen molar-refractivity contribution in [3.63, 3.8) is 0 Å². The third-order valence-electron chi connectivity index (χ3n) is 10.4. The second-order valence-electron chi connectivity index (χ2n) is 13.0. The number of fused-ring (bicyclic) bond motifs is 2. The first-order valence-electron chi connectivity index (χ1n) is 16.0. The lowest BCUT2D eigenvalue weighted by molar-refractivity contribution is -0.138. The van der Waals surface area contributed by atoms with E-state index in [1.54, 1.807) is 25.1 Å². The molecule has 0 bridgehead atoms. The molecule has 0 radical (unpaired) electrons. The first-order valence-corrected chi connectivity index (χ1v) is 16.0. The number of methoxy groups -OCH3 is 1. The zero-order valence-electron chi connectivity index (χ0n) is 26.5. The summed E-state index contributed by atoms with van der Waals surface area (Å²) in [7, 11) is 5.51. The average Bonchev–Trinajstić information content (AvgIpc) is 3.83. The number of hydrogen-bond donors (Lipinski definition) is 1. The average molecular weight is 636 g/mol. The number of piperidine rings is 1. The topological polar surface area (TPSA) is 77.1 Å². The molecule has 1 aliphatic carbocycles.